The van der Waals surface area contributed by atoms with Gasteiger partial charge in [-0.25, -0.2) is 4.79 Å². The van der Waals surface area contributed by atoms with Gasteiger partial charge in [0.2, 0.25) is 0 Å². The molecule has 7 heteroatoms. The fraction of sp³-hybridized carbons (Fsp3) is 0.588. The molecule has 2 amide bonds. The molecule has 1 fully saturated rings. The largest absolute Gasteiger partial charge is 0.486 e. The van der Waals surface area contributed by atoms with E-state index in [1.807, 2.05) is 24.3 Å². The topological polar surface area (TPSA) is 63.3 Å². The van der Waals surface area contributed by atoms with Gasteiger partial charge in [-0.15, -0.1) is 0 Å². The van der Waals surface area contributed by atoms with E-state index in [0.29, 0.717) is 19.7 Å². The molecule has 2 aliphatic rings. The summed E-state index contributed by atoms with van der Waals surface area (Å²) in [6.07, 6.45) is -0.158. The number of carbonyl (C=O) groups is 1. The normalized spacial score (nSPS) is 20.5. The van der Waals surface area contributed by atoms with Crippen LogP contribution in [0.5, 0.6) is 11.5 Å². The molecular formula is C17H25N3O4. The Morgan fingerprint density at radius 1 is 1.29 bits per heavy atom. The average molecular weight is 335 g/mol. The van der Waals surface area contributed by atoms with Crippen LogP contribution in [0.25, 0.3) is 0 Å². The number of nitrogens with one attached hydrogen (secondary N) is 1. The third-order valence-corrected chi connectivity index (χ3v) is 4.20. The molecule has 2 heterocycles. The third-order valence-electron chi connectivity index (χ3n) is 4.20. The number of amides is 2. The lowest BCUT2D eigenvalue weighted by molar-refractivity contribution is 0.0384. The van der Waals surface area contributed by atoms with Crippen molar-refractivity contribution in [2.75, 3.05) is 59.6 Å². The Labute approximate surface area is 142 Å². The Morgan fingerprint density at radius 3 is 2.83 bits per heavy atom. The molecule has 0 bridgehead atoms. The first-order valence-electron chi connectivity index (χ1n) is 8.40. The van der Waals surface area contributed by atoms with Gasteiger partial charge in [-0.2, -0.15) is 0 Å². The van der Waals surface area contributed by atoms with E-state index < -0.39 is 0 Å². The van der Waals surface area contributed by atoms with Crippen molar-refractivity contribution < 1.29 is 19.0 Å². The minimum atomic E-state index is -0.158. The quantitative estimate of drug-likeness (QED) is 0.862. The van der Waals surface area contributed by atoms with Crippen LogP contribution < -0.4 is 14.8 Å². The van der Waals surface area contributed by atoms with Gasteiger partial charge < -0.3 is 24.4 Å². The first-order chi connectivity index (χ1) is 11.7. The molecule has 0 radical (unpaired) electrons. The molecule has 1 atom stereocenters. The number of fused-ring (bicyclic) bond motifs is 1. The number of ether oxygens (including phenoxy) is 3. The minimum Gasteiger partial charge on any atom is -0.486 e. The zero-order valence-electron chi connectivity index (χ0n) is 14.1. The van der Waals surface area contributed by atoms with Gasteiger partial charge in [-0.3, -0.25) is 4.90 Å². The van der Waals surface area contributed by atoms with E-state index in [1.54, 1.807) is 11.9 Å². The summed E-state index contributed by atoms with van der Waals surface area (Å²) in [6, 6.07) is 7.49. The van der Waals surface area contributed by atoms with Crippen molar-refractivity contribution in [3.8, 4) is 11.5 Å². The summed E-state index contributed by atoms with van der Waals surface area (Å²) >= 11 is 0. The first-order valence-corrected chi connectivity index (χ1v) is 8.40. The fourth-order valence-corrected chi connectivity index (χ4v) is 2.82. The minimum absolute atomic E-state index is 0.0919. The molecule has 3 rings (SSSR count). The molecule has 2 aliphatic heterocycles. The van der Waals surface area contributed by atoms with Crippen LogP contribution in [0.4, 0.5) is 4.79 Å². The fourth-order valence-electron chi connectivity index (χ4n) is 2.82. The van der Waals surface area contributed by atoms with Crippen LogP contribution in [0.15, 0.2) is 24.3 Å². The number of benzene rings is 1. The van der Waals surface area contributed by atoms with E-state index in [9.17, 15) is 4.79 Å². The second-order valence-corrected chi connectivity index (χ2v) is 6.06. The highest BCUT2D eigenvalue weighted by molar-refractivity contribution is 5.73. The van der Waals surface area contributed by atoms with E-state index >= 15 is 0 Å². The summed E-state index contributed by atoms with van der Waals surface area (Å²) in [7, 11) is 1.77. The summed E-state index contributed by atoms with van der Waals surface area (Å²) in [5.41, 5.74) is 0. The number of carbonyl (C=O) groups excluding carboxylic acids is 1. The lowest BCUT2D eigenvalue weighted by Crippen LogP contribution is -2.47. The summed E-state index contributed by atoms with van der Waals surface area (Å²) in [5, 5.41) is 2.95. The van der Waals surface area contributed by atoms with Crippen molar-refractivity contribution in [2.24, 2.45) is 0 Å². The van der Waals surface area contributed by atoms with E-state index in [-0.39, 0.29) is 12.1 Å². The van der Waals surface area contributed by atoms with E-state index in [2.05, 4.69) is 10.2 Å². The highest BCUT2D eigenvalue weighted by Gasteiger charge is 2.23. The number of likely N-dealkylation sites (N-methyl/N-ethyl adjacent to an activating group) is 1. The van der Waals surface area contributed by atoms with Crippen LogP contribution in [0.3, 0.4) is 0 Å². The Hall–Kier alpha value is -1.99. The number of para-hydroxylation sites is 2. The molecule has 24 heavy (non-hydrogen) atoms. The number of hydrogen-bond acceptors (Lipinski definition) is 5. The molecule has 0 unspecified atom stereocenters. The number of hydrogen-bond donors (Lipinski definition) is 1. The van der Waals surface area contributed by atoms with Crippen LogP contribution in [0.2, 0.25) is 0 Å². The van der Waals surface area contributed by atoms with Crippen LogP contribution in [-0.4, -0.2) is 81.5 Å². The van der Waals surface area contributed by atoms with Gasteiger partial charge in [0.15, 0.2) is 17.6 Å². The van der Waals surface area contributed by atoms with Gasteiger partial charge in [-0.05, 0) is 12.1 Å². The molecule has 1 saturated heterocycles. The summed E-state index contributed by atoms with van der Waals surface area (Å²) in [5.74, 6) is 1.49. The smallest absolute Gasteiger partial charge is 0.317 e. The zero-order valence-corrected chi connectivity index (χ0v) is 14.1. The van der Waals surface area contributed by atoms with Crippen LogP contribution >= 0.6 is 0 Å². The summed E-state index contributed by atoms with van der Waals surface area (Å²) < 4.78 is 16.9. The van der Waals surface area contributed by atoms with Gasteiger partial charge >= 0.3 is 6.03 Å². The first kappa shape index (κ1) is 16.9. The molecule has 1 aromatic carbocycles. The van der Waals surface area contributed by atoms with Crippen molar-refractivity contribution in [3.63, 3.8) is 0 Å². The van der Waals surface area contributed by atoms with E-state index in [0.717, 1.165) is 44.3 Å². The Kier molecular flexibility index (Phi) is 5.77. The van der Waals surface area contributed by atoms with Crippen molar-refractivity contribution >= 4 is 6.03 Å². The van der Waals surface area contributed by atoms with E-state index in [4.69, 9.17) is 14.2 Å². The molecule has 1 aromatic rings. The van der Waals surface area contributed by atoms with Gasteiger partial charge in [0.05, 0.1) is 19.8 Å². The van der Waals surface area contributed by atoms with Crippen molar-refractivity contribution in [3.05, 3.63) is 24.3 Å². The molecular weight excluding hydrogens is 310 g/mol. The molecule has 1 N–H and O–H groups in total. The van der Waals surface area contributed by atoms with Crippen molar-refractivity contribution in [2.45, 2.75) is 6.10 Å². The van der Waals surface area contributed by atoms with Crippen LogP contribution in [0.1, 0.15) is 0 Å². The van der Waals surface area contributed by atoms with E-state index in [1.165, 1.54) is 0 Å². The molecule has 0 spiro atoms. The van der Waals surface area contributed by atoms with Crippen LogP contribution in [0, 0.1) is 0 Å². The number of morpholine rings is 1. The number of urea groups is 1. The van der Waals surface area contributed by atoms with Crippen LogP contribution in [-0.2, 0) is 4.74 Å². The third kappa shape index (κ3) is 4.52. The predicted molar refractivity (Wildman–Crippen MR) is 89.6 cm³/mol. The molecule has 0 saturated carbocycles. The standard InChI is InChI=1S/C17H25N3O4/c1-19(17(21)18-6-7-20-8-10-22-11-9-20)12-14-13-23-15-4-2-3-5-16(15)24-14/h2-5,14H,6-13H2,1H3,(H,18,21)/t14-/m1/s1. The molecule has 132 valence electrons. The Morgan fingerprint density at radius 2 is 2.04 bits per heavy atom. The maximum atomic E-state index is 12.2. The van der Waals surface area contributed by atoms with Gasteiger partial charge in [-0.1, -0.05) is 12.1 Å². The molecule has 0 aromatic heterocycles. The van der Waals surface area contributed by atoms with Gasteiger partial charge in [0, 0.05) is 33.2 Å². The maximum Gasteiger partial charge on any atom is 0.317 e. The SMILES string of the molecule is CN(C[C@@H]1COc2ccccc2O1)C(=O)NCCN1CCOCC1. The summed E-state index contributed by atoms with van der Waals surface area (Å²) in [4.78, 5) is 16.1. The Bertz CT molecular complexity index is 548. The second-order valence-electron chi connectivity index (χ2n) is 6.06. The van der Waals surface area contributed by atoms with Gasteiger partial charge in [0.25, 0.3) is 0 Å². The second kappa shape index (κ2) is 8.21. The molecule has 0 aliphatic carbocycles. The maximum absolute atomic E-state index is 12.2. The van der Waals surface area contributed by atoms with Crippen molar-refractivity contribution in [1.82, 2.24) is 15.1 Å². The monoisotopic (exact) mass is 335 g/mol. The number of rotatable bonds is 5. The predicted octanol–water partition coefficient (Wildman–Crippen LogP) is 0.800. The van der Waals surface area contributed by atoms with Gasteiger partial charge in [0.1, 0.15) is 6.61 Å². The zero-order chi connectivity index (χ0) is 16.8. The summed E-state index contributed by atoms with van der Waals surface area (Å²) in [6.45, 7) is 5.81. The Balaban J connectivity index is 1.38. The lowest BCUT2D eigenvalue weighted by Gasteiger charge is -2.30. The average Bonchev–Trinajstić information content (AvgIpc) is 2.62. The number of nitrogens with zero attached hydrogens (tertiary/aromatic N) is 2. The molecule has 7 nitrogen and oxygen atoms in total. The highest BCUT2D eigenvalue weighted by Crippen LogP contribution is 2.30. The highest BCUT2D eigenvalue weighted by atomic mass is 16.6. The lowest BCUT2D eigenvalue weighted by atomic mass is 10.2. The van der Waals surface area contributed by atoms with Crippen molar-refractivity contribution in [1.29, 1.82) is 0 Å².